The van der Waals surface area contributed by atoms with Crippen molar-refractivity contribution in [3.8, 4) is 0 Å². The highest BCUT2D eigenvalue weighted by Gasteiger charge is 2.38. The third kappa shape index (κ3) is 5.73. The quantitative estimate of drug-likeness (QED) is 0.603. The van der Waals surface area contributed by atoms with E-state index in [1.54, 1.807) is 0 Å². The summed E-state index contributed by atoms with van der Waals surface area (Å²) in [6.45, 7) is 17.7. The van der Waals surface area contributed by atoms with Crippen LogP contribution in [0, 0.1) is 0 Å². The van der Waals surface area contributed by atoms with Crippen molar-refractivity contribution in [2.75, 3.05) is 6.61 Å². The van der Waals surface area contributed by atoms with E-state index >= 15 is 0 Å². The maximum atomic E-state index is 12.8. The summed E-state index contributed by atoms with van der Waals surface area (Å²) in [6, 6.07) is 14.7. The van der Waals surface area contributed by atoms with Crippen LogP contribution in [-0.2, 0) is 15.4 Å². The molecular weight excluding hydrogens is 370 g/mol. The molecule has 0 aliphatic rings. The van der Waals surface area contributed by atoms with Gasteiger partial charge in [-0.25, -0.2) is 8.93 Å². The average Bonchev–Trinajstić information content (AvgIpc) is 2.56. The molecule has 2 atom stereocenters. The largest absolute Gasteiger partial charge is 0.415 e. The van der Waals surface area contributed by atoms with Gasteiger partial charge in [0.1, 0.15) is 0 Å². The normalized spacial score (nSPS) is 15.7. The Bertz CT molecular complexity index is 806. The fourth-order valence-electron chi connectivity index (χ4n) is 2.44. The van der Waals surface area contributed by atoms with Crippen LogP contribution in [0.1, 0.15) is 53.1 Å². The van der Waals surface area contributed by atoms with Crippen molar-refractivity contribution in [1.82, 2.24) is 4.72 Å². The van der Waals surface area contributed by atoms with Crippen molar-refractivity contribution in [1.29, 1.82) is 0 Å². The van der Waals surface area contributed by atoms with Gasteiger partial charge in [0, 0.05) is 0 Å². The number of hydrogen-bond donors (Lipinski definition) is 1. The minimum absolute atomic E-state index is 0.108. The number of nitrogens with one attached hydrogen (secondary N) is 1. The molecule has 150 valence electrons. The van der Waals surface area contributed by atoms with Crippen LogP contribution in [0.3, 0.4) is 0 Å². The molecule has 2 aromatic rings. The zero-order valence-electron chi connectivity index (χ0n) is 18.1. The van der Waals surface area contributed by atoms with Crippen molar-refractivity contribution < 1.29 is 8.63 Å². The maximum Gasteiger partial charge on any atom is 0.192 e. The Kier molecular flexibility index (Phi) is 6.73. The molecule has 0 fully saturated rings. The molecule has 0 unspecified atom stereocenters. The standard InChI is InChI=1S/C22H35NO2SSi/c1-21(2,3)26(24)23-20(16-25-27(7,8)22(4,5)6)19-14-13-17-11-9-10-12-18(17)15-19/h9-15,20,23H,16H2,1-8H3/t20-,26-/m1/s1. The van der Waals surface area contributed by atoms with Crippen molar-refractivity contribution in [2.45, 2.75) is 70.5 Å². The molecule has 3 nitrogen and oxygen atoms in total. The third-order valence-corrected chi connectivity index (χ3v) is 11.5. The molecule has 27 heavy (non-hydrogen) atoms. The minimum atomic E-state index is -1.89. The first-order valence-electron chi connectivity index (χ1n) is 9.62. The molecule has 0 saturated carbocycles. The zero-order valence-corrected chi connectivity index (χ0v) is 19.9. The molecule has 0 bridgehead atoms. The Morgan fingerprint density at radius 2 is 1.59 bits per heavy atom. The molecule has 2 aromatic carbocycles. The first-order valence-corrected chi connectivity index (χ1v) is 13.7. The molecule has 0 aliphatic carbocycles. The second kappa shape index (κ2) is 8.16. The average molecular weight is 406 g/mol. The summed E-state index contributed by atoms with van der Waals surface area (Å²) in [5.74, 6) is 0. The zero-order chi connectivity index (χ0) is 20.5. The lowest BCUT2D eigenvalue weighted by Crippen LogP contribution is -2.44. The minimum Gasteiger partial charge on any atom is -0.415 e. The first-order chi connectivity index (χ1) is 12.3. The van der Waals surface area contributed by atoms with Gasteiger partial charge in [0.2, 0.25) is 0 Å². The van der Waals surface area contributed by atoms with E-state index in [4.69, 9.17) is 4.43 Å². The fraction of sp³-hybridized carbons (Fsp3) is 0.545. The van der Waals surface area contributed by atoms with E-state index in [9.17, 15) is 4.21 Å². The summed E-state index contributed by atoms with van der Waals surface area (Å²) < 4.78 is 22.3. The lowest BCUT2D eigenvalue weighted by Gasteiger charge is -2.37. The van der Waals surface area contributed by atoms with Gasteiger partial charge in [-0.15, -0.1) is 0 Å². The van der Waals surface area contributed by atoms with Crippen LogP contribution in [0.5, 0.6) is 0 Å². The summed E-state index contributed by atoms with van der Waals surface area (Å²) in [7, 11) is -3.06. The molecule has 5 heteroatoms. The first kappa shape index (κ1) is 22.3. The smallest absolute Gasteiger partial charge is 0.192 e. The number of rotatable bonds is 6. The highest BCUT2D eigenvalue weighted by molar-refractivity contribution is 7.84. The van der Waals surface area contributed by atoms with Crippen molar-refractivity contribution >= 4 is 30.1 Å². The van der Waals surface area contributed by atoms with Crippen LogP contribution >= 0.6 is 0 Å². The van der Waals surface area contributed by atoms with Crippen LogP contribution in [0.15, 0.2) is 42.5 Å². The second-order valence-electron chi connectivity index (χ2n) is 9.73. The van der Waals surface area contributed by atoms with Crippen molar-refractivity contribution in [3.63, 3.8) is 0 Å². The Labute approximate surface area is 168 Å². The monoisotopic (exact) mass is 405 g/mol. The number of fused-ring (bicyclic) bond motifs is 1. The fourth-order valence-corrected chi connectivity index (χ4v) is 4.27. The lowest BCUT2D eigenvalue weighted by atomic mass is 10.0. The van der Waals surface area contributed by atoms with Gasteiger partial charge in [-0.05, 0) is 61.3 Å². The van der Waals surface area contributed by atoms with Crippen LogP contribution in [0.25, 0.3) is 10.8 Å². The van der Waals surface area contributed by atoms with Gasteiger partial charge in [-0.3, -0.25) is 0 Å². The SMILES string of the molecule is CC(C)(C)[S@@](=O)N[C@H](CO[Si](C)(C)C(C)(C)C)c1ccc2ccccc2c1. The Morgan fingerprint density at radius 3 is 2.15 bits per heavy atom. The van der Waals surface area contributed by atoms with E-state index in [1.807, 2.05) is 32.9 Å². The molecule has 0 amide bonds. The predicted molar refractivity (Wildman–Crippen MR) is 121 cm³/mol. The number of hydrogen-bond acceptors (Lipinski definition) is 2. The van der Waals surface area contributed by atoms with E-state index in [-0.39, 0.29) is 15.8 Å². The van der Waals surface area contributed by atoms with Crippen molar-refractivity contribution in [2.24, 2.45) is 0 Å². The third-order valence-electron chi connectivity index (χ3n) is 5.40. The lowest BCUT2D eigenvalue weighted by molar-refractivity contribution is 0.257. The molecular formula is C22H35NO2SSi. The van der Waals surface area contributed by atoms with Gasteiger partial charge in [0.05, 0.1) is 28.4 Å². The Hall–Kier alpha value is -1.01. The highest BCUT2D eigenvalue weighted by atomic mass is 32.2. The Morgan fingerprint density at radius 1 is 1.00 bits per heavy atom. The molecule has 0 heterocycles. The van der Waals surface area contributed by atoms with Crippen LogP contribution in [0.4, 0.5) is 0 Å². The maximum absolute atomic E-state index is 12.8. The summed E-state index contributed by atoms with van der Waals surface area (Å²) in [4.78, 5) is 0. The summed E-state index contributed by atoms with van der Waals surface area (Å²) in [5.41, 5.74) is 1.12. The molecule has 2 rings (SSSR count). The van der Waals surface area contributed by atoms with Gasteiger partial charge in [-0.1, -0.05) is 57.2 Å². The second-order valence-corrected chi connectivity index (χ2v) is 16.5. The topological polar surface area (TPSA) is 38.3 Å². The molecule has 0 saturated heterocycles. The van der Waals surface area contributed by atoms with E-state index < -0.39 is 19.3 Å². The van der Waals surface area contributed by atoms with Crippen molar-refractivity contribution in [3.05, 3.63) is 48.0 Å². The number of benzene rings is 2. The molecule has 0 radical (unpaired) electrons. The van der Waals surface area contributed by atoms with Gasteiger partial charge >= 0.3 is 0 Å². The van der Waals surface area contributed by atoms with E-state index in [0.717, 1.165) is 5.56 Å². The van der Waals surface area contributed by atoms with Crippen LogP contribution in [0.2, 0.25) is 18.1 Å². The van der Waals surface area contributed by atoms with Gasteiger partial charge < -0.3 is 4.43 Å². The predicted octanol–water partition coefficient (Wildman–Crippen LogP) is 5.95. The van der Waals surface area contributed by atoms with E-state index in [1.165, 1.54) is 10.8 Å². The van der Waals surface area contributed by atoms with Crippen LogP contribution < -0.4 is 4.72 Å². The van der Waals surface area contributed by atoms with Crippen LogP contribution in [-0.4, -0.2) is 23.9 Å². The highest BCUT2D eigenvalue weighted by Crippen LogP contribution is 2.37. The van der Waals surface area contributed by atoms with Gasteiger partial charge in [0.15, 0.2) is 8.32 Å². The molecule has 1 N–H and O–H groups in total. The Balaban J connectivity index is 2.32. The summed E-state index contributed by atoms with van der Waals surface area (Å²) in [5, 5.41) is 2.54. The van der Waals surface area contributed by atoms with Gasteiger partial charge in [-0.2, -0.15) is 0 Å². The molecule has 0 aliphatic heterocycles. The van der Waals surface area contributed by atoms with E-state index in [0.29, 0.717) is 6.61 Å². The summed E-state index contributed by atoms with van der Waals surface area (Å²) in [6.07, 6.45) is 0. The molecule has 0 spiro atoms. The molecule has 0 aromatic heterocycles. The summed E-state index contributed by atoms with van der Waals surface area (Å²) >= 11 is 0. The van der Waals surface area contributed by atoms with Gasteiger partial charge in [0.25, 0.3) is 0 Å². The van der Waals surface area contributed by atoms with E-state index in [2.05, 4.69) is 68.9 Å².